The number of benzene rings is 1. The lowest BCUT2D eigenvalue weighted by Gasteiger charge is -2.44. The number of piperidine rings is 1. The zero-order valence-corrected chi connectivity index (χ0v) is 12.1. The Morgan fingerprint density at radius 1 is 1.30 bits per heavy atom. The molecule has 0 radical (unpaired) electrons. The van der Waals surface area contributed by atoms with E-state index in [1.54, 1.807) is 4.90 Å². The summed E-state index contributed by atoms with van der Waals surface area (Å²) in [6.07, 6.45) is 0.304. The average Bonchev–Trinajstić information content (AvgIpc) is 2.38. The van der Waals surface area contributed by atoms with Gasteiger partial charge >= 0.3 is 5.97 Å². The average molecular weight is 275 g/mol. The molecule has 4 atom stereocenters. The van der Waals surface area contributed by atoms with Crippen LogP contribution in [0.3, 0.4) is 0 Å². The number of carbonyl (C=O) groups is 2. The van der Waals surface area contributed by atoms with E-state index in [2.05, 4.69) is 0 Å². The molecule has 1 aliphatic heterocycles. The minimum absolute atomic E-state index is 0.0406. The fourth-order valence-corrected chi connectivity index (χ4v) is 3.29. The highest BCUT2D eigenvalue weighted by Crippen LogP contribution is 2.35. The van der Waals surface area contributed by atoms with Crippen molar-refractivity contribution in [2.75, 3.05) is 0 Å². The highest BCUT2D eigenvalue weighted by molar-refractivity contribution is 5.82. The number of carbonyl (C=O) groups excluding carboxylic acids is 1. The van der Waals surface area contributed by atoms with Crippen LogP contribution in [-0.2, 0) is 9.59 Å². The van der Waals surface area contributed by atoms with Crippen LogP contribution in [0.5, 0.6) is 0 Å². The quantitative estimate of drug-likeness (QED) is 0.922. The van der Waals surface area contributed by atoms with Gasteiger partial charge < -0.3 is 10.0 Å². The summed E-state index contributed by atoms with van der Waals surface area (Å²) in [4.78, 5) is 25.5. The molecule has 0 spiro atoms. The Morgan fingerprint density at radius 2 is 1.90 bits per heavy atom. The van der Waals surface area contributed by atoms with E-state index in [1.165, 1.54) is 0 Å². The van der Waals surface area contributed by atoms with Crippen LogP contribution in [0.2, 0.25) is 0 Å². The van der Waals surface area contributed by atoms with Crippen LogP contribution in [-0.4, -0.2) is 27.9 Å². The summed E-state index contributed by atoms with van der Waals surface area (Å²) in [6, 6.07) is 9.34. The molecule has 1 amide bonds. The van der Waals surface area contributed by atoms with Gasteiger partial charge in [0.25, 0.3) is 0 Å². The van der Waals surface area contributed by atoms with Gasteiger partial charge in [-0.3, -0.25) is 9.59 Å². The fraction of sp³-hybridized carbons (Fsp3) is 0.500. The van der Waals surface area contributed by atoms with Crippen LogP contribution in [0.15, 0.2) is 30.3 Å². The summed E-state index contributed by atoms with van der Waals surface area (Å²) in [7, 11) is 0. The Labute approximate surface area is 119 Å². The smallest absolute Gasteiger partial charge is 0.308 e. The Morgan fingerprint density at radius 3 is 2.45 bits per heavy atom. The monoisotopic (exact) mass is 275 g/mol. The number of carboxylic acids is 1. The molecule has 0 aromatic heterocycles. The molecule has 0 bridgehead atoms. The molecule has 0 saturated carbocycles. The van der Waals surface area contributed by atoms with Crippen molar-refractivity contribution in [2.45, 2.75) is 39.3 Å². The van der Waals surface area contributed by atoms with Crippen LogP contribution in [0, 0.1) is 11.8 Å². The number of nitrogens with zero attached hydrogens (tertiary/aromatic N) is 1. The van der Waals surface area contributed by atoms with E-state index in [0.29, 0.717) is 6.42 Å². The minimum Gasteiger partial charge on any atom is -0.481 e. The van der Waals surface area contributed by atoms with E-state index in [0.717, 1.165) is 5.56 Å². The second-order valence-corrected chi connectivity index (χ2v) is 5.67. The molecule has 0 aliphatic carbocycles. The zero-order valence-electron chi connectivity index (χ0n) is 12.1. The van der Waals surface area contributed by atoms with Crippen molar-refractivity contribution in [3.05, 3.63) is 35.9 Å². The Balaban J connectivity index is 2.30. The second-order valence-electron chi connectivity index (χ2n) is 5.67. The highest BCUT2D eigenvalue weighted by atomic mass is 16.4. The Kier molecular flexibility index (Phi) is 4.12. The number of hydrogen-bond acceptors (Lipinski definition) is 2. The van der Waals surface area contributed by atoms with Crippen molar-refractivity contribution in [1.29, 1.82) is 0 Å². The van der Waals surface area contributed by atoms with Gasteiger partial charge in [-0.1, -0.05) is 37.3 Å². The van der Waals surface area contributed by atoms with E-state index < -0.39 is 11.9 Å². The maximum Gasteiger partial charge on any atom is 0.308 e. The molecule has 4 unspecified atom stereocenters. The maximum atomic E-state index is 12.3. The van der Waals surface area contributed by atoms with Crippen molar-refractivity contribution in [2.24, 2.45) is 11.8 Å². The molecule has 4 heteroatoms. The topological polar surface area (TPSA) is 57.6 Å². The van der Waals surface area contributed by atoms with Gasteiger partial charge in [0.05, 0.1) is 12.0 Å². The van der Waals surface area contributed by atoms with Crippen molar-refractivity contribution in [3.63, 3.8) is 0 Å². The van der Waals surface area contributed by atoms with Crippen LogP contribution < -0.4 is 0 Å². The molecule has 1 aliphatic rings. The first-order valence-corrected chi connectivity index (χ1v) is 7.02. The van der Waals surface area contributed by atoms with Crippen LogP contribution >= 0.6 is 0 Å². The molecular formula is C16H21NO3. The van der Waals surface area contributed by atoms with Gasteiger partial charge in [-0.25, -0.2) is 0 Å². The first-order chi connectivity index (χ1) is 9.43. The van der Waals surface area contributed by atoms with E-state index in [9.17, 15) is 14.7 Å². The van der Waals surface area contributed by atoms with Crippen LogP contribution in [0.1, 0.15) is 38.8 Å². The Hall–Kier alpha value is -1.84. The third-order valence-corrected chi connectivity index (χ3v) is 4.34. The first kappa shape index (κ1) is 14.6. The van der Waals surface area contributed by atoms with Gasteiger partial charge in [0.15, 0.2) is 0 Å². The molecule has 1 aromatic rings. The molecule has 20 heavy (non-hydrogen) atoms. The fourth-order valence-electron chi connectivity index (χ4n) is 3.29. The molecule has 108 valence electrons. The molecule has 1 N–H and O–H groups in total. The summed E-state index contributed by atoms with van der Waals surface area (Å²) in [5.41, 5.74) is 1.03. The molecule has 4 nitrogen and oxygen atoms in total. The summed E-state index contributed by atoms with van der Waals surface area (Å²) in [5, 5.41) is 9.40. The number of likely N-dealkylation sites (tertiary alicyclic amines) is 1. The maximum absolute atomic E-state index is 12.3. The summed E-state index contributed by atoms with van der Waals surface area (Å²) in [6.45, 7) is 5.64. The van der Waals surface area contributed by atoms with Gasteiger partial charge in [0, 0.05) is 12.5 Å². The predicted octanol–water partition coefficient (Wildman–Crippen LogP) is 2.71. The van der Waals surface area contributed by atoms with Gasteiger partial charge in [-0.15, -0.1) is 0 Å². The van der Waals surface area contributed by atoms with Crippen molar-refractivity contribution >= 4 is 11.9 Å². The number of carboxylic acid groups (broad SMARTS) is 1. The molecule has 1 aromatic carbocycles. The number of hydrogen-bond donors (Lipinski definition) is 1. The third kappa shape index (κ3) is 2.55. The molecule has 2 rings (SSSR count). The van der Waals surface area contributed by atoms with Crippen LogP contribution in [0.4, 0.5) is 0 Å². The number of rotatable bonds is 3. The van der Waals surface area contributed by atoms with E-state index in [4.69, 9.17) is 0 Å². The summed E-state index contributed by atoms with van der Waals surface area (Å²) >= 11 is 0. The highest BCUT2D eigenvalue weighted by Gasteiger charge is 2.43. The van der Waals surface area contributed by atoms with Gasteiger partial charge in [0.2, 0.25) is 5.91 Å². The molecule has 1 heterocycles. The summed E-state index contributed by atoms with van der Waals surface area (Å²) in [5.74, 6) is -1.39. The minimum atomic E-state index is -0.817. The van der Waals surface area contributed by atoms with Crippen molar-refractivity contribution < 1.29 is 14.7 Å². The number of aliphatic carboxylic acids is 1. The molecular weight excluding hydrogens is 254 g/mol. The summed E-state index contributed by atoms with van der Waals surface area (Å²) < 4.78 is 0. The third-order valence-electron chi connectivity index (χ3n) is 4.34. The van der Waals surface area contributed by atoms with E-state index in [1.807, 2.05) is 51.1 Å². The standard InChI is InChI=1S/C16H21NO3/c1-10-9-14(18)17(12(3)15(10)16(19)20)11(2)13-7-5-4-6-8-13/h4-8,10-12,15H,9H2,1-3H3,(H,19,20). The van der Waals surface area contributed by atoms with Crippen molar-refractivity contribution in [1.82, 2.24) is 4.90 Å². The van der Waals surface area contributed by atoms with Gasteiger partial charge in [-0.05, 0) is 25.3 Å². The molecule has 1 fully saturated rings. The van der Waals surface area contributed by atoms with Gasteiger partial charge in [0.1, 0.15) is 0 Å². The normalized spacial score (nSPS) is 28.2. The van der Waals surface area contributed by atoms with Crippen LogP contribution in [0.25, 0.3) is 0 Å². The lowest BCUT2D eigenvalue weighted by molar-refractivity contribution is -0.156. The first-order valence-electron chi connectivity index (χ1n) is 7.02. The second kappa shape index (κ2) is 5.65. The molecule has 1 saturated heterocycles. The van der Waals surface area contributed by atoms with Crippen molar-refractivity contribution in [3.8, 4) is 0 Å². The zero-order chi connectivity index (χ0) is 14.9. The lowest BCUT2D eigenvalue weighted by atomic mass is 9.80. The largest absolute Gasteiger partial charge is 0.481 e. The van der Waals surface area contributed by atoms with E-state index in [-0.39, 0.29) is 23.9 Å². The van der Waals surface area contributed by atoms with E-state index >= 15 is 0 Å². The Bertz CT molecular complexity index is 500. The predicted molar refractivity (Wildman–Crippen MR) is 76.1 cm³/mol. The lowest BCUT2D eigenvalue weighted by Crippen LogP contribution is -2.53. The number of amides is 1. The van der Waals surface area contributed by atoms with Gasteiger partial charge in [-0.2, -0.15) is 0 Å². The SMILES string of the molecule is CC1CC(=O)N(C(C)c2ccccc2)C(C)C1C(=O)O.